The molecule has 1 saturated heterocycles. The van der Waals surface area contributed by atoms with E-state index < -0.39 is 11.6 Å². The van der Waals surface area contributed by atoms with Gasteiger partial charge in [-0.25, -0.2) is 0 Å². The van der Waals surface area contributed by atoms with Gasteiger partial charge in [0.25, 0.3) is 0 Å². The van der Waals surface area contributed by atoms with Crippen LogP contribution in [0.25, 0.3) is 6.08 Å². The topological polar surface area (TPSA) is 89.5 Å². The molecule has 0 N–H and O–H groups in total. The van der Waals surface area contributed by atoms with E-state index in [1.54, 1.807) is 36.4 Å². The molecular weight excluding hydrogens is 392 g/mol. The third kappa shape index (κ3) is 3.05. The Kier molecular flexibility index (Phi) is 4.36. The molecule has 2 aromatic carbocycles. The molecule has 3 heterocycles. The first kappa shape index (κ1) is 18.5. The second kappa shape index (κ2) is 7.07. The molecule has 0 amide bonds. The highest BCUT2D eigenvalue weighted by molar-refractivity contribution is 6.08. The van der Waals surface area contributed by atoms with Gasteiger partial charge in [-0.05, 0) is 41.5 Å². The number of carbonyl (C=O) groups excluding carboxylic acids is 2. The fourth-order valence-corrected chi connectivity index (χ4v) is 3.66. The molecule has 0 bridgehead atoms. The summed E-state index contributed by atoms with van der Waals surface area (Å²) >= 11 is 0. The molecule has 0 unspecified atom stereocenters. The zero-order valence-corrected chi connectivity index (χ0v) is 16.1. The number of carbonyl (C=O) groups is 2. The van der Waals surface area contributed by atoms with Crippen LogP contribution in [0.1, 0.15) is 18.1 Å². The minimum Gasteiger partial charge on any atom is -0.462 e. The lowest BCUT2D eigenvalue weighted by molar-refractivity contribution is -0.155. The Morgan fingerprint density at radius 3 is 2.40 bits per heavy atom. The summed E-state index contributed by atoms with van der Waals surface area (Å²) in [7, 11) is 0. The highest BCUT2D eigenvalue weighted by Crippen LogP contribution is 2.42. The molecule has 30 heavy (non-hydrogen) atoms. The zero-order valence-electron chi connectivity index (χ0n) is 16.1. The third-order valence-corrected chi connectivity index (χ3v) is 5.19. The molecule has 1 atom stereocenters. The van der Waals surface area contributed by atoms with Crippen molar-refractivity contribution in [3.8, 4) is 23.0 Å². The fraction of sp³-hybridized carbons (Fsp3) is 0.273. The average Bonchev–Trinajstić information content (AvgIpc) is 3.46. The maximum Gasteiger partial charge on any atom is 0.302 e. The van der Waals surface area contributed by atoms with Crippen LogP contribution in [-0.4, -0.2) is 38.6 Å². The number of Topliss-reactive ketones (excluding diaryl/α,β-unsaturated/α-hetero) is 1. The summed E-state index contributed by atoms with van der Waals surface area (Å²) in [6, 6.07) is 10.5. The maximum absolute atomic E-state index is 13.5. The predicted octanol–water partition coefficient (Wildman–Crippen LogP) is 2.59. The highest BCUT2D eigenvalue weighted by atomic mass is 16.7. The number of hydrogen-bond donors (Lipinski definition) is 0. The van der Waals surface area contributed by atoms with Gasteiger partial charge < -0.3 is 28.4 Å². The molecule has 0 aromatic heterocycles. The quantitative estimate of drug-likeness (QED) is 0.561. The summed E-state index contributed by atoms with van der Waals surface area (Å²) in [5.41, 5.74) is 0.320. The molecule has 5 rings (SSSR count). The second-order valence-corrected chi connectivity index (χ2v) is 7.08. The molecule has 0 spiro atoms. The maximum atomic E-state index is 13.5. The van der Waals surface area contributed by atoms with Gasteiger partial charge in [0.05, 0.1) is 6.61 Å². The first-order valence-corrected chi connectivity index (χ1v) is 9.38. The fourth-order valence-electron chi connectivity index (χ4n) is 3.66. The number of ether oxygens (including phenoxy) is 6. The summed E-state index contributed by atoms with van der Waals surface area (Å²) in [6.07, 6.45) is 1.74. The second-order valence-electron chi connectivity index (χ2n) is 7.08. The van der Waals surface area contributed by atoms with Crippen LogP contribution in [0.15, 0.2) is 42.0 Å². The van der Waals surface area contributed by atoms with Crippen molar-refractivity contribution < 1.29 is 38.0 Å². The van der Waals surface area contributed by atoms with Gasteiger partial charge >= 0.3 is 5.97 Å². The van der Waals surface area contributed by atoms with Crippen LogP contribution in [0.4, 0.5) is 0 Å². The lowest BCUT2D eigenvalue weighted by Crippen LogP contribution is -2.39. The van der Waals surface area contributed by atoms with Crippen molar-refractivity contribution >= 4 is 17.8 Å². The Morgan fingerprint density at radius 1 is 1.00 bits per heavy atom. The number of ketones is 1. The van der Waals surface area contributed by atoms with Crippen LogP contribution in [-0.2, 0) is 24.7 Å². The van der Waals surface area contributed by atoms with Crippen LogP contribution in [0, 0.1) is 0 Å². The van der Waals surface area contributed by atoms with Crippen molar-refractivity contribution in [2.24, 2.45) is 0 Å². The van der Waals surface area contributed by atoms with Crippen molar-refractivity contribution in [1.29, 1.82) is 0 Å². The first-order valence-electron chi connectivity index (χ1n) is 9.38. The molecule has 1 fully saturated rings. The summed E-state index contributed by atoms with van der Waals surface area (Å²) < 4.78 is 32.7. The van der Waals surface area contributed by atoms with E-state index in [1.165, 1.54) is 6.92 Å². The van der Waals surface area contributed by atoms with Crippen LogP contribution < -0.4 is 18.9 Å². The number of hydrogen-bond acceptors (Lipinski definition) is 8. The van der Waals surface area contributed by atoms with E-state index in [1.807, 2.05) is 6.07 Å². The Balaban J connectivity index is 1.50. The summed E-state index contributed by atoms with van der Waals surface area (Å²) in [6.45, 7) is 1.41. The lowest BCUT2D eigenvalue weighted by Gasteiger charge is -2.26. The van der Waals surface area contributed by atoms with E-state index >= 15 is 0 Å². The van der Waals surface area contributed by atoms with E-state index in [0.717, 1.165) is 5.56 Å². The number of rotatable bonds is 4. The van der Waals surface area contributed by atoms with Crippen molar-refractivity contribution in [3.63, 3.8) is 0 Å². The normalized spacial score (nSPS) is 22.6. The van der Waals surface area contributed by atoms with Gasteiger partial charge in [0.15, 0.2) is 28.6 Å². The molecule has 154 valence electrons. The van der Waals surface area contributed by atoms with Crippen LogP contribution in [0.2, 0.25) is 0 Å². The summed E-state index contributed by atoms with van der Waals surface area (Å²) in [5, 5.41) is 0. The van der Waals surface area contributed by atoms with E-state index in [0.29, 0.717) is 34.1 Å². The van der Waals surface area contributed by atoms with Crippen molar-refractivity contribution in [2.45, 2.75) is 12.5 Å². The molecule has 3 aliphatic heterocycles. The van der Waals surface area contributed by atoms with Gasteiger partial charge in [0.2, 0.25) is 19.4 Å². The molecule has 0 radical (unpaired) electrons. The van der Waals surface area contributed by atoms with Crippen LogP contribution in [0.3, 0.4) is 0 Å². The van der Waals surface area contributed by atoms with E-state index in [4.69, 9.17) is 28.4 Å². The average molecular weight is 410 g/mol. The first-order chi connectivity index (χ1) is 14.5. The predicted molar refractivity (Wildman–Crippen MR) is 102 cm³/mol. The molecule has 3 aliphatic rings. The number of fused-ring (bicyclic) bond motifs is 2. The molecule has 2 aromatic rings. The number of esters is 1. The highest BCUT2D eigenvalue weighted by Gasteiger charge is 2.49. The van der Waals surface area contributed by atoms with Crippen molar-refractivity contribution in [1.82, 2.24) is 0 Å². The Labute approximate surface area is 171 Å². The van der Waals surface area contributed by atoms with E-state index in [2.05, 4.69) is 0 Å². The molecule has 0 saturated carbocycles. The largest absolute Gasteiger partial charge is 0.462 e. The van der Waals surface area contributed by atoms with Crippen molar-refractivity contribution in [2.75, 3.05) is 26.8 Å². The Hall–Kier alpha value is -3.52. The smallest absolute Gasteiger partial charge is 0.302 e. The van der Waals surface area contributed by atoms with Gasteiger partial charge in [0.1, 0.15) is 6.61 Å². The van der Waals surface area contributed by atoms with E-state index in [9.17, 15) is 9.59 Å². The van der Waals surface area contributed by atoms with Gasteiger partial charge in [-0.2, -0.15) is 0 Å². The summed E-state index contributed by atoms with van der Waals surface area (Å²) in [4.78, 5) is 24.9. The molecule has 0 aliphatic carbocycles. The molecular formula is C22H18O8. The van der Waals surface area contributed by atoms with Crippen molar-refractivity contribution in [3.05, 3.63) is 53.1 Å². The lowest BCUT2D eigenvalue weighted by atomic mass is 9.88. The third-order valence-electron chi connectivity index (χ3n) is 5.19. The van der Waals surface area contributed by atoms with Gasteiger partial charge in [-0.15, -0.1) is 0 Å². The molecule has 8 heteroatoms. The summed E-state index contributed by atoms with van der Waals surface area (Å²) in [5.74, 6) is 1.61. The minimum atomic E-state index is -1.45. The van der Waals surface area contributed by atoms with Gasteiger partial charge in [-0.1, -0.05) is 12.1 Å². The van der Waals surface area contributed by atoms with Crippen LogP contribution in [0.5, 0.6) is 23.0 Å². The zero-order chi connectivity index (χ0) is 20.7. The SMILES string of the molecule is CC(=O)OC[C@]1(c2ccc3c(c2)OCO3)OC/C(=C/c2ccc3c(c2)OCO3)C1=O. The van der Waals surface area contributed by atoms with Gasteiger partial charge in [0, 0.05) is 12.5 Å². The van der Waals surface area contributed by atoms with E-state index in [-0.39, 0.29) is 32.6 Å². The minimum absolute atomic E-state index is 0.0724. The Morgan fingerprint density at radius 2 is 1.67 bits per heavy atom. The monoisotopic (exact) mass is 410 g/mol. The van der Waals surface area contributed by atoms with Gasteiger partial charge in [-0.3, -0.25) is 9.59 Å². The molecule has 8 nitrogen and oxygen atoms in total. The van der Waals surface area contributed by atoms with Crippen LogP contribution >= 0.6 is 0 Å². The standard InChI is InChI=1S/C22H18O8/c1-13(23)25-10-22(16-3-5-18-20(8-16)29-12-27-18)21(24)15(9-30-22)6-14-2-4-17-19(7-14)28-11-26-17/h2-8H,9-12H2,1H3/b15-6-/t22-/m1/s1. The number of benzene rings is 2. The Bertz CT molecular complexity index is 1070.